The maximum Gasteiger partial charge on any atom is 0.407 e. The van der Waals surface area contributed by atoms with E-state index in [-0.39, 0.29) is 30.7 Å². The van der Waals surface area contributed by atoms with Crippen molar-refractivity contribution in [3.63, 3.8) is 0 Å². The third kappa shape index (κ3) is 6.63. The molecule has 0 saturated heterocycles. The average Bonchev–Trinajstić information content (AvgIpc) is 2.46. The molecule has 7 heteroatoms. The van der Waals surface area contributed by atoms with Gasteiger partial charge in [0.15, 0.2) is 0 Å². The Labute approximate surface area is 134 Å². The average molecular weight is 328 g/mol. The molecule has 0 aromatic heterocycles. The van der Waals surface area contributed by atoms with Gasteiger partial charge in [-0.15, -0.1) is 0 Å². The van der Waals surface area contributed by atoms with Crippen molar-refractivity contribution in [1.82, 2.24) is 10.6 Å². The van der Waals surface area contributed by atoms with Crippen molar-refractivity contribution >= 4 is 12.0 Å². The van der Waals surface area contributed by atoms with Gasteiger partial charge in [0.05, 0.1) is 12.2 Å². The number of hydrogen-bond donors (Lipinski definition) is 2. The van der Waals surface area contributed by atoms with Crippen LogP contribution in [0, 0.1) is 17.6 Å². The molecule has 0 aliphatic heterocycles. The lowest BCUT2D eigenvalue weighted by Gasteiger charge is -2.20. The number of amides is 2. The first kappa shape index (κ1) is 18.9. The van der Waals surface area contributed by atoms with Crippen LogP contribution in [-0.2, 0) is 4.74 Å². The summed E-state index contributed by atoms with van der Waals surface area (Å²) in [6.45, 7) is 5.94. The highest BCUT2D eigenvalue weighted by atomic mass is 19.1. The van der Waals surface area contributed by atoms with Crippen LogP contribution in [0.3, 0.4) is 0 Å². The van der Waals surface area contributed by atoms with Gasteiger partial charge in [-0.25, -0.2) is 13.6 Å². The summed E-state index contributed by atoms with van der Waals surface area (Å²) in [5.74, 6) is -1.96. The molecule has 0 heterocycles. The lowest BCUT2D eigenvalue weighted by atomic mass is 10.0. The Bertz CT molecular complexity index is 550. The third-order valence-corrected chi connectivity index (χ3v) is 3.04. The Morgan fingerprint density at radius 3 is 2.57 bits per heavy atom. The van der Waals surface area contributed by atoms with Crippen LogP contribution in [0.1, 0.15) is 37.6 Å². The van der Waals surface area contributed by atoms with Crippen LogP contribution in [0.2, 0.25) is 0 Å². The standard InChI is InChI=1S/C16H22F2N2O3/c1-4-23-16(22)20-12(7-10(2)3)9-19-15(21)13-8-11(17)5-6-14(13)18/h5-6,8,10,12H,4,7,9H2,1-3H3,(H,19,21)(H,20,22)/t12-/m1/s1. The van der Waals surface area contributed by atoms with Crippen molar-refractivity contribution in [3.05, 3.63) is 35.4 Å². The predicted octanol–water partition coefficient (Wildman–Crippen LogP) is 2.86. The van der Waals surface area contributed by atoms with Crippen molar-refractivity contribution in [2.75, 3.05) is 13.2 Å². The molecule has 0 bridgehead atoms. The number of halogens is 2. The number of hydrogen-bond acceptors (Lipinski definition) is 3. The van der Waals surface area contributed by atoms with E-state index in [1.165, 1.54) is 0 Å². The Balaban J connectivity index is 2.67. The zero-order valence-corrected chi connectivity index (χ0v) is 13.5. The Hall–Kier alpha value is -2.18. The third-order valence-electron chi connectivity index (χ3n) is 3.04. The van der Waals surface area contributed by atoms with Gasteiger partial charge in [0.25, 0.3) is 5.91 Å². The molecule has 5 nitrogen and oxygen atoms in total. The minimum Gasteiger partial charge on any atom is -0.450 e. The van der Waals surface area contributed by atoms with Crippen LogP contribution < -0.4 is 10.6 Å². The van der Waals surface area contributed by atoms with Gasteiger partial charge in [0, 0.05) is 12.6 Å². The molecule has 0 aliphatic carbocycles. The van der Waals surface area contributed by atoms with Gasteiger partial charge in [-0.2, -0.15) is 0 Å². The quantitative estimate of drug-likeness (QED) is 0.809. The van der Waals surface area contributed by atoms with Crippen LogP contribution in [0.5, 0.6) is 0 Å². The normalized spacial score (nSPS) is 11.9. The second kappa shape index (κ2) is 9.07. The molecule has 1 rings (SSSR count). The van der Waals surface area contributed by atoms with E-state index in [9.17, 15) is 18.4 Å². The maximum absolute atomic E-state index is 13.5. The summed E-state index contributed by atoms with van der Waals surface area (Å²) in [6, 6.07) is 2.30. The number of nitrogens with one attached hydrogen (secondary N) is 2. The van der Waals surface area contributed by atoms with Gasteiger partial charge >= 0.3 is 6.09 Å². The first-order valence-electron chi connectivity index (χ1n) is 7.50. The zero-order chi connectivity index (χ0) is 17.4. The Morgan fingerprint density at radius 2 is 1.96 bits per heavy atom. The first-order valence-corrected chi connectivity index (χ1v) is 7.50. The van der Waals surface area contributed by atoms with Crippen molar-refractivity contribution in [2.45, 2.75) is 33.2 Å². The fourth-order valence-electron chi connectivity index (χ4n) is 2.08. The summed E-state index contributed by atoms with van der Waals surface area (Å²) in [5, 5.41) is 5.14. The first-order chi connectivity index (χ1) is 10.8. The molecular weight excluding hydrogens is 306 g/mol. The Morgan fingerprint density at radius 1 is 1.26 bits per heavy atom. The summed E-state index contributed by atoms with van der Waals surface area (Å²) in [7, 11) is 0. The molecule has 0 radical (unpaired) electrons. The summed E-state index contributed by atoms with van der Waals surface area (Å²) >= 11 is 0. The van der Waals surface area contributed by atoms with Gasteiger partial charge in [0.2, 0.25) is 0 Å². The minimum absolute atomic E-state index is 0.0891. The van der Waals surface area contributed by atoms with E-state index in [2.05, 4.69) is 10.6 Å². The van der Waals surface area contributed by atoms with Crippen molar-refractivity contribution in [3.8, 4) is 0 Å². The highest BCUT2D eigenvalue weighted by Crippen LogP contribution is 2.10. The van der Waals surface area contributed by atoms with Gasteiger partial charge < -0.3 is 15.4 Å². The SMILES string of the molecule is CCOC(=O)N[C@@H](CNC(=O)c1cc(F)ccc1F)CC(C)C. The molecular formula is C16H22F2N2O3. The molecule has 0 unspecified atom stereocenters. The fraction of sp³-hybridized carbons (Fsp3) is 0.500. The smallest absolute Gasteiger partial charge is 0.407 e. The van der Waals surface area contributed by atoms with E-state index >= 15 is 0 Å². The topological polar surface area (TPSA) is 67.4 Å². The molecule has 0 aliphatic rings. The van der Waals surface area contributed by atoms with E-state index < -0.39 is 23.6 Å². The summed E-state index contributed by atoms with van der Waals surface area (Å²) < 4.78 is 31.5. The van der Waals surface area contributed by atoms with Crippen LogP contribution in [0.15, 0.2) is 18.2 Å². The highest BCUT2D eigenvalue weighted by Gasteiger charge is 2.18. The lowest BCUT2D eigenvalue weighted by molar-refractivity contribution is 0.0940. The lowest BCUT2D eigenvalue weighted by Crippen LogP contribution is -2.44. The minimum atomic E-state index is -0.803. The number of benzene rings is 1. The van der Waals surface area contributed by atoms with E-state index in [1.54, 1.807) is 6.92 Å². The molecule has 1 aromatic rings. The molecule has 128 valence electrons. The van der Waals surface area contributed by atoms with Crippen LogP contribution in [-0.4, -0.2) is 31.2 Å². The van der Waals surface area contributed by atoms with E-state index in [0.29, 0.717) is 6.42 Å². The molecule has 2 amide bonds. The maximum atomic E-state index is 13.5. The number of ether oxygens (including phenoxy) is 1. The predicted molar refractivity (Wildman–Crippen MR) is 82.1 cm³/mol. The largest absolute Gasteiger partial charge is 0.450 e. The van der Waals surface area contributed by atoms with Crippen molar-refractivity contribution in [2.24, 2.45) is 5.92 Å². The van der Waals surface area contributed by atoms with Gasteiger partial charge in [-0.3, -0.25) is 4.79 Å². The molecule has 0 fully saturated rings. The van der Waals surface area contributed by atoms with E-state index in [0.717, 1.165) is 18.2 Å². The summed E-state index contributed by atoms with van der Waals surface area (Å²) in [4.78, 5) is 23.5. The zero-order valence-electron chi connectivity index (χ0n) is 13.5. The second-order valence-electron chi connectivity index (χ2n) is 5.53. The second-order valence-corrected chi connectivity index (χ2v) is 5.53. The molecule has 0 saturated carbocycles. The molecule has 2 N–H and O–H groups in total. The Kier molecular flexibility index (Phi) is 7.44. The van der Waals surface area contributed by atoms with Gasteiger partial charge in [-0.1, -0.05) is 13.8 Å². The van der Waals surface area contributed by atoms with Crippen LogP contribution in [0.4, 0.5) is 13.6 Å². The highest BCUT2D eigenvalue weighted by molar-refractivity contribution is 5.94. The van der Waals surface area contributed by atoms with Gasteiger partial charge in [-0.05, 0) is 37.5 Å². The van der Waals surface area contributed by atoms with E-state index in [4.69, 9.17) is 4.74 Å². The van der Waals surface area contributed by atoms with Gasteiger partial charge in [0.1, 0.15) is 11.6 Å². The fourth-order valence-corrected chi connectivity index (χ4v) is 2.08. The molecule has 1 atom stereocenters. The van der Waals surface area contributed by atoms with Crippen LogP contribution >= 0.6 is 0 Å². The summed E-state index contributed by atoms with van der Waals surface area (Å²) in [6.07, 6.45) is 0.0226. The van der Waals surface area contributed by atoms with Crippen molar-refractivity contribution in [1.29, 1.82) is 0 Å². The van der Waals surface area contributed by atoms with Crippen LogP contribution in [0.25, 0.3) is 0 Å². The molecule has 0 spiro atoms. The number of alkyl carbamates (subject to hydrolysis) is 1. The molecule has 23 heavy (non-hydrogen) atoms. The van der Waals surface area contributed by atoms with Crippen molar-refractivity contribution < 1.29 is 23.1 Å². The monoisotopic (exact) mass is 328 g/mol. The molecule has 1 aromatic carbocycles. The number of rotatable bonds is 7. The number of carbonyl (C=O) groups excluding carboxylic acids is 2. The number of carbonyl (C=O) groups is 2. The van der Waals surface area contributed by atoms with E-state index in [1.807, 2.05) is 13.8 Å². The summed E-state index contributed by atoms with van der Waals surface area (Å²) in [5.41, 5.74) is -0.371.